The molecular weight excluding hydrogens is 212 g/mol. The van der Waals surface area contributed by atoms with E-state index in [1.165, 1.54) is 0 Å². The third-order valence-electron chi connectivity index (χ3n) is 3.41. The van der Waals surface area contributed by atoms with E-state index in [1.54, 1.807) is 6.08 Å². The molecule has 0 unspecified atom stereocenters. The van der Waals surface area contributed by atoms with Crippen LogP contribution >= 0.6 is 0 Å². The van der Waals surface area contributed by atoms with Gasteiger partial charge in [0.1, 0.15) is 0 Å². The summed E-state index contributed by atoms with van der Waals surface area (Å²) in [5, 5.41) is 0. The number of hydrogen-bond donors (Lipinski definition) is 0. The number of allylic oxidation sites excluding steroid dienone is 2. The zero-order chi connectivity index (χ0) is 12.8. The summed E-state index contributed by atoms with van der Waals surface area (Å²) in [6.45, 7) is 18.3. The summed E-state index contributed by atoms with van der Waals surface area (Å²) in [7, 11) is -1.66. The van der Waals surface area contributed by atoms with Gasteiger partial charge in [-0.1, -0.05) is 66.3 Å². The smallest absolute Gasteiger partial charge is 0.200 e. The SMILES string of the molecule is C=C/C=C/CO[Si](C(C)C)(C(C)C)C(C)C. The molecule has 0 heterocycles. The van der Waals surface area contributed by atoms with Crippen LogP contribution in [-0.2, 0) is 4.43 Å². The van der Waals surface area contributed by atoms with Crippen molar-refractivity contribution in [1.82, 2.24) is 0 Å². The van der Waals surface area contributed by atoms with E-state index in [1.807, 2.05) is 6.08 Å². The van der Waals surface area contributed by atoms with Crippen LogP contribution < -0.4 is 0 Å². The Labute approximate surface area is 103 Å². The summed E-state index contributed by atoms with van der Waals surface area (Å²) in [6.07, 6.45) is 5.81. The molecule has 0 amide bonds. The summed E-state index contributed by atoms with van der Waals surface area (Å²) in [4.78, 5) is 0. The van der Waals surface area contributed by atoms with Gasteiger partial charge in [0, 0.05) is 0 Å². The monoisotopic (exact) mass is 240 g/mol. The molecule has 0 N–H and O–H groups in total. The first-order valence-corrected chi connectivity index (χ1v) is 8.45. The predicted molar refractivity (Wildman–Crippen MR) is 76.3 cm³/mol. The Hall–Kier alpha value is -0.343. The molecule has 2 heteroatoms. The van der Waals surface area contributed by atoms with E-state index < -0.39 is 8.32 Å². The summed E-state index contributed by atoms with van der Waals surface area (Å²) in [5.74, 6) is 0. The molecule has 16 heavy (non-hydrogen) atoms. The maximum absolute atomic E-state index is 6.32. The van der Waals surface area contributed by atoms with Gasteiger partial charge in [0.2, 0.25) is 8.32 Å². The summed E-state index contributed by atoms with van der Waals surface area (Å²) in [6, 6.07) is 0. The first-order valence-electron chi connectivity index (χ1n) is 6.31. The van der Waals surface area contributed by atoms with Crippen LogP contribution in [0.1, 0.15) is 41.5 Å². The zero-order valence-electron chi connectivity index (χ0n) is 11.8. The largest absolute Gasteiger partial charge is 0.412 e. The predicted octanol–water partition coefficient (Wildman–Crippen LogP) is 4.92. The van der Waals surface area contributed by atoms with Crippen LogP contribution in [-0.4, -0.2) is 14.9 Å². The Balaban J connectivity index is 4.76. The average molecular weight is 240 g/mol. The molecule has 0 bridgehead atoms. The normalized spacial score (nSPS) is 13.3. The van der Waals surface area contributed by atoms with E-state index in [0.717, 1.165) is 6.61 Å². The molecule has 0 radical (unpaired) electrons. The van der Waals surface area contributed by atoms with E-state index >= 15 is 0 Å². The molecular formula is C14H28OSi. The molecule has 0 aliphatic rings. The summed E-state index contributed by atoms with van der Waals surface area (Å²) >= 11 is 0. The van der Waals surface area contributed by atoms with Gasteiger partial charge in [0.15, 0.2) is 0 Å². The lowest BCUT2D eigenvalue weighted by Crippen LogP contribution is -2.47. The van der Waals surface area contributed by atoms with E-state index in [-0.39, 0.29) is 0 Å². The minimum Gasteiger partial charge on any atom is -0.412 e. The third kappa shape index (κ3) is 3.60. The third-order valence-corrected chi connectivity index (χ3v) is 9.49. The maximum Gasteiger partial charge on any atom is 0.200 e. The Morgan fingerprint density at radius 2 is 1.44 bits per heavy atom. The minimum atomic E-state index is -1.66. The first kappa shape index (κ1) is 15.7. The van der Waals surface area contributed by atoms with Crippen molar-refractivity contribution in [3.05, 3.63) is 24.8 Å². The standard InChI is InChI=1S/C14H28OSi/c1-8-9-10-11-15-16(12(2)3,13(4)5)14(6)7/h8-10,12-14H,1,11H2,2-7H3/b10-9+. The number of rotatable bonds is 7. The van der Waals surface area contributed by atoms with Crippen molar-refractivity contribution in [2.24, 2.45) is 0 Å². The highest BCUT2D eigenvalue weighted by Gasteiger charge is 2.44. The topological polar surface area (TPSA) is 9.23 Å². The fourth-order valence-corrected chi connectivity index (χ4v) is 8.23. The molecule has 1 nitrogen and oxygen atoms in total. The van der Waals surface area contributed by atoms with Crippen LogP contribution in [0.2, 0.25) is 16.6 Å². The van der Waals surface area contributed by atoms with Crippen molar-refractivity contribution in [1.29, 1.82) is 0 Å². The second-order valence-corrected chi connectivity index (χ2v) is 10.8. The van der Waals surface area contributed by atoms with E-state index in [4.69, 9.17) is 4.43 Å². The van der Waals surface area contributed by atoms with Crippen LogP contribution in [0.15, 0.2) is 24.8 Å². The van der Waals surface area contributed by atoms with Crippen molar-refractivity contribution >= 4 is 8.32 Å². The molecule has 94 valence electrons. The lowest BCUT2D eigenvalue weighted by molar-refractivity contribution is 0.316. The Bertz CT molecular complexity index is 207. The molecule has 0 aromatic heterocycles. The van der Waals surface area contributed by atoms with Crippen LogP contribution in [0, 0.1) is 0 Å². The molecule has 0 aliphatic carbocycles. The molecule has 0 rings (SSSR count). The lowest BCUT2D eigenvalue weighted by atomic mass is 10.5. The minimum absolute atomic E-state index is 0.657. The fourth-order valence-electron chi connectivity index (χ4n) is 2.84. The Kier molecular flexibility index (Phi) is 6.92. The van der Waals surface area contributed by atoms with Crippen molar-refractivity contribution in [3.8, 4) is 0 Å². The van der Waals surface area contributed by atoms with Crippen LogP contribution in [0.3, 0.4) is 0 Å². The van der Waals surface area contributed by atoms with Gasteiger partial charge in [-0.25, -0.2) is 0 Å². The van der Waals surface area contributed by atoms with Crippen LogP contribution in [0.5, 0.6) is 0 Å². The van der Waals surface area contributed by atoms with Crippen molar-refractivity contribution < 1.29 is 4.43 Å². The Morgan fingerprint density at radius 3 is 1.75 bits per heavy atom. The van der Waals surface area contributed by atoms with Gasteiger partial charge in [-0.3, -0.25) is 0 Å². The molecule has 0 saturated heterocycles. The summed E-state index contributed by atoms with van der Waals surface area (Å²) in [5.41, 5.74) is 1.97. The molecule has 0 aliphatic heterocycles. The van der Waals surface area contributed by atoms with Gasteiger partial charge < -0.3 is 4.43 Å². The molecule has 0 fully saturated rings. The quantitative estimate of drug-likeness (QED) is 0.453. The fraction of sp³-hybridized carbons (Fsp3) is 0.714. The second kappa shape index (κ2) is 7.07. The zero-order valence-corrected chi connectivity index (χ0v) is 12.8. The van der Waals surface area contributed by atoms with Gasteiger partial charge >= 0.3 is 0 Å². The van der Waals surface area contributed by atoms with Crippen molar-refractivity contribution in [2.45, 2.75) is 58.2 Å². The summed E-state index contributed by atoms with van der Waals surface area (Å²) < 4.78 is 6.32. The lowest BCUT2D eigenvalue weighted by Gasteiger charge is -2.41. The molecule has 0 aromatic rings. The average Bonchev–Trinajstić information content (AvgIpc) is 2.16. The van der Waals surface area contributed by atoms with E-state index in [9.17, 15) is 0 Å². The van der Waals surface area contributed by atoms with Gasteiger partial charge in [-0.2, -0.15) is 0 Å². The van der Waals surface area contributed by atoms with Gasteiger partial charge in [-0.05, 0) is 16.6 Å². The van der Waals surface area contributed by atoms with Crippen LogP contribution in [0.4, 0.5) is 0 Å². The maximum atomic E-state index is 6.32. The molecule has 0 saturated carbocycles. The van der Waals surface area contributed by atoms with Gasteiger partial charge in [0.05, 0.1) is 6.61 Å². The van der Waals surface area contributed by atoms with Gasteiger partial charge in [0.25, 0.3) is 0 Å². The first-order chi connectivity index (χ1) is 7.39. The highest BCUT2D eigenvalue weighted by atomic mass is 28.4. The van der Waals surface area contributed by atoms with E-state index in [2.05, 4.69) is 54.2 Å². The molecule has 0 atom stereocenters. The van der Waals surface area contributed by atoms with Gasteiger partial charge in [-0.15, -0.1) is 0 Å². The van der Waals surface area contributed by atoms with Crippen molar-refractivity contribution in [2.75, 3.05) is 6.61 Å². The highest BCUT2D eigenvalue weighted by molar-refractivity contribution is 6.77. The second-order valence-electron chi connectivity index (χ2n) is 5.29. The molecule has 0 spiro atoms. The van der Waals surface area contributed by atoms with E-state index in [0.29, 0.717) is 16.6 Å². The number of hydrogen-bond acceptors (Lipinski definition) is 1. The highest BCUT2D eigenvalue weighted by Crippen LogP contribution is 2.42. The molecule has 0 aromatic carbocycles. The van der Waals surface area contributed by atoms with Crippen molar-refractivity contribution in [3.63, 3.8) is 0 Å². The van der Waals surface area contributed by atoms with Crippen LogP contribution in [0.25, 0.3) is 0 Å². The Morgan fingerprint density at radius 1 is 1.00 bits per heavy atom.